The molecule has 1 unspecified atom stereocenters. The van der Waals surface area contributed by atoms with Gasteiger partial charge < -0.3 is 10.2 Å². The Bertz CT molecular complexity index is 886. The average molecular weight is 331 g/mol. The molecule has 1 heterocycles. The molecule has 0 saturated heterocycles. The molecule has 3 rings (SSSR count). The lowest BCUT2D eigenvalue weighted by Gasteiger charge is -2.34. The van der Waals surface area contributed by atoms with Crippen LogP contribution in [0.15, 0.2) is 66.3 Å². The van der Waals surface area contributed by atoms with Gasteiger partial charge in [0, 0.05) is 36.8 Å². The summed E-state index contributed by atoms with van der Waals surface area (Å²) in [5.41, 5.74) is 2.69. The molecule has 2 aromatic carbocycles. The topological polar surface area (TPSA) is 56.1 Å². The van der Waals surface area contributed by atoms with E-state index < -0.39 is 5.92 Å². The number of nitrogens with one attached hydrogen (secondary N) is 1. The molecule has 0 spiro atoms. The molecule has 0 bridgehead atoms. The Morgan fingerprint density at radius 3 is 2.80 bits per heavy atom. The highest BCUT2D eigenvalue weighted by Gasteiger charge is 2.27. The lowest BCUT2D eigenvalue weighted by molar-refractivity contribution is -0.117. The van der Waals surface area contributed by atoms with Crippen LogP contribution in [0.1, 0.15) is 6.42 Å². The van der Waals surface area contributed by atoms with Crippen molar-refractivity contribution in [1.29, 1.82) is 5.26 Å². The minimum atomic E-state index is -0.454. The molecule has 1 N–H and O–H groups in total. The smallest absolute Gasteiger partial charge is 0.247 e. The molecule has 0 aromatic heterocycles. The van der Waals surface area contributed by atoms with Crippen molar-refractivity contribution in [2.45, 2.75) is 6.42 Å². The summed E-state index contributed by atoms with van der Waals surface area (Å²) in [5, 5.41) is 14.5. The molecular formula is C21H21N3O. The molecule has 2 aromatic rings. The highest BCUT2D eigenvalue weighted by molar-refractivity contribution is 5.97. The Kier molecular flexibility index (Phi) is 4.85. The molecule has 25 heavy (non-hydrogen) atoms. The zero-order valence-corrected chi connectivity index (χ0v) is 14.3. The quantitative estimate of drug-likeness (QED) is 0.874. The first kappa shape index (κ1) is 16.8. The summed E-state index contributed by atoms with van der Waals surface area (Å²) in [6.45, 7) is 5.07. The lowest BCUT2D eigenvalue weighted by atomic mass is 9.89. The molecule has 4 heteroatoms. The number of benzene rings is 2. The minimum absolute atomic E-state index is 0.102. The van der Waals surface area contributed by atoms with E-state index in [4.69, 9.17) is 0 Å². The van der Waals surface area contributed by atoms with Gasteiger partial charge in [-0.1, -0.05) is 42.5 Å². The predicted octanol–water partition coefficient (Wildman–Crippen LogP) is 3.42. The number of nitriles is 1. The summed E-state index contributed by atoms with van der Waals surface area (Å²) in [4.78, 5) is 14.5. The second-order valence-corrected chi connectivity index (χ2v) is 6.10. The van der Waals surface area contributed by atoms with Gasteiger partial charge in [-0.15, -0.1) is 6.58 Å². The van der Waals surface area contributed by atoms with Crippen LogP contribution in [-0.2, 0) is 4.79 Å². The van der Waals surface area contributed by atoms with Crippen LogP contribution in [0.4, 0.5) is 5.69 Å². The second-order valence-electron chi connectivity index (χ2n) is 6.10. The van der Waals surface area contributed by atoms with Gasteiger partial charge in [0.1, 0.15) is 0 Å². The monoisotopic (exact) mass is 331 g/mol. The second kappa shape index (κ2) is 7.23. The molecule has 4 nitrogen and oxygen atoms in total. The van der Waals surface area contributed by atoms with Crippen molar-refractivity contribution in [2.24, 2.45) is 5.92 Å². The summed E-state index contributed by atoms with van der Waals surface area (Å²) in [5.74, 6) is -0.556. The van der Waals surface area contributed by atoms with Crippen molar-refractivity contribution in [2.75, 3.05) is 25.0 Å². The first-order valence-corrected chi connectivity index (χ1v) is 8.38. The molecule has 0 aliphatic carbocycles. The van der Waals surface area contributed by atoms with E-state index in [1.54, 1.807) is 13.1 Å². The molecule has 1 aliphatic rings. The van der Waals surface area contributed by atoms with Crippen LogP contribution in [0.25, 0.3) is 10.8 Å². The Balaban J connectivity index is 2.04. The van der Waals surface area contributed by atoms with Crippen LogP contribution >= 0.6 is 0 Å². The summed E-state index contributed by atoms with van der Waals surface area (Å²) < 4.78 is 0. The van der Waals surface area contributed by atoms with Crippen LogP contribution in [0.2, 0.25) is 0 Å². The van der Waals surface area contributed by atoms with Crippen LogP contribution in [-0.4, -0.2) is 26.0 Å². The van der Waals surface area contributed by atoms with E-state index in [1.165, 1.54) is 10.8 Å². The number of allylic oxidation sites excluding steroid dienone is 1. The normalized spacial score (nSPS) is 15.6. The standard InChI is InChI=1S/C21H21N3O/c1-3-15(13-22)19-14-24(12-11-18(19)21(25)23-2)20-10-6-8-16-7-4-5-9-17(16)20/h3-10,15H,1,11-12,14H2,2H3,(H,23,25). The van der Waals surface area contributed by atoms with Crippen LogP contribution in [0, 0.1) is 17.2 Å². The van der Waals surface area contributed by atoms with Gasteiger partial charge in [0.2, 0.25) is 5.91 Å². The number of carbonyl (C=O) groups excluding carboxylic acids is 1. The number of amides is 1. The molecule has 0 saturated carbocycles. The first-order valence-electron chi connectivity index (χ1n) is 8.38. The number of carbonyl (C=O) groups is 1. The maximum atomic E-state index is 12.2. The van der Waals surface area contributed by atoms with Crippen LogP contribution in [0.3, 0.4) is 0 Å². The van der Waals surface area contributed by atoms with Crippen molar-refractivity contribution < 1.29 is 4.79 Å². The number of likely N-dealkylation sites (N-methyl/N-ethyl adjacent to an activating group) is 1. The molecule has 0 fully saturated rings. The van der Waals surface area contributed by atoms with Gasteiger partial charge in [-0.3, -0.25) is 4.79 Å². The summed E-state index contributed by atoms with van der Waals surface area (Å²) >= 11 is 0. The van der Waals surface area contributed by atoms with Gasteiger partial charge in [-0.25, -0.2) is 0 Å². The molecule has 126 valence electrons. The Hall–Kier alpha value is -3.06. The SMILES string of the molecule is C=CC(C#N)C1=C(C(=O)NC)CCN(c2cccc3ccccc23)C1. The zero-order chi connectivity index (χ0) is 17.8. The van der Waals surface area contributed by atoms with Crippen molar-refractivity contribution in [3.63, 3.8) is 0 Å². The summed E-state index contributed by atoms with van der Waals surface area (Å²) in [6.07, 6.45) is 2.23. The predicted molar refractivity (Wildman–Crippen MR) is 101 cm³/mol. The van der Waals surface area contributed by atoms with E-state index in [9.17, 15) is 10.1 Å². The third-order valence-electron chi connectivity index (χ3n) is 4.74. The van der Waals surface area contributed by atoms with Gasteiger partial charge in [0.15, 0.2) is 0 Å². The fourth-order valence-electron chi connectivity index (χ4n) is 3.45. The largest absolute Gasteiger partial charge is 0.367 e. The van der Waals surface area contributed by atoms with E-state index in [0.29, 0.717) is 18.5 Å². The number of hydrogen-bond donors (Lipinski definition) is 1. The van der Waals surface area contributed by atoms with E-state index >= 15 is 0 Å². The lowest BCUT2D eigenvalue weighted by Crippen LogP contribution is -2.37. The summed E-state index contributed by atoms with van der Waals surface area (Å²) in [7, 11) is 1.62. The molecule has 1 amide bonds. The van der Waals surface area contributed by atoms with E-state index in [2.05, 4.69) is 47.1 Å². The van der Waals surface area contributed by atoms with E-state index in [0.717, 1.165) is 17.8 Å². The van der Waals surface area contributed by atoms with Gasteiger partial charge >= 0.3 is 0 Å². The first-order chi connectivity index (χ1) is 12.2. The van der Waals surface area contributed by atoms with E-state index in [1.807, 2.05) is 18.2 Å². The Morgan fingerprint density at radius 1 is 1.32 bits per heavy atom. The highest BCUT2D eigenvalue weighted by atomic mass is 16.1. The zero-order valence-electron chi connectivity index (χ0n) is 14.3. The van der Waals surface area contributed by atoms with Crippen molar-refractivity contribution in [1.82, 2.24) is 5.32 Å². The Labute approximate surface area is 148 Å². The maximum Gasteiger partial charge on any atom is 0.247 e. The number of hydrogen-bond acceptors (Lipinski definition) is 3. The number of nitrogens with zero attached hydrogens (tertiary/aromatic N) is 2. The highest BCUT2D eigenvalue weighted by Crippen LogP contribution is 2.32. The number of fused-ring (bicyclic) bond motifs is 1. The van der Waals surface area contributed by atoms with Gasteiger partial charge in [0.25, 0.3) is 0 Å². The van der Waals surface area contributed by atoms with Crippen LogP contribution < -0.4 is 10.2 Å². The third kappa shape index (κ3) is 3.14. The van der Waals surface area contributed by atoms with Crippen molar-refractivity contribution in [3.05, 3.63) is 66.3 Å². The van der Waals surface area contributed by atoms with Gasteiger partial charge in [-0.2, -0.15) is 5.26 Å². The van der Waals surface area contributed by atoms with E-state index in [-0.39, 0.29) is 5.91 Å². The fourth-order valence-corrected chi connectivity index (χ4v) is 3.45. The fraction of sp³-hybridized carbons (Fsp3) is 0.238. The van der Waals surface area contributed by atoms with Crippen LogP contribution in [0.5, 0.6) is 0 Å². The van der Waals surface area contributed by atoms with Gasteiger partial charge in [0.05, 0.1) is 12.0 Å². The molecule has 0 radical (unpaired) electrons. The average Bonchev–Trinajstić information content (AvgIpc) is 2.68. The Morgan fingerprint density at radius 2 is 2.08 bits per heavy atom. The molecule has 1 atom stereocenters. The maximum absolute atomic E-state index is 12.2. The van der Waals surface area contributed by atoms with Crippen molar-refractivity contribution >= 4 is 22.4 Å². The molecule has 1 aliphatic heterocycles. The molecular weight excluding hydrogens is 310 g/mol. The van der Waals surface area contributed by atoms with Crippen molar-refractivity contribution in [3.8, 4) is 6.07 Å². The number of rotatable bonds is 4. The third-order valence-corrected chi connectivity index (χ3v) is 4.74. The number of anilines is 1. The van der Waals surface area contributed by atoms with Gasteiger partial charge in [-0.05, 0) is 23.4 Å². The summed E-state index contributed by atoms with van der Waals surface area (Å²) in [6, 6.07) is 16.8. The minimum Gasteiger partial charge on any atom is -0.367 e.